The first-order chi connectivity index (χ1) is 21.4. The number of carbonyl (C=O) groups is 3. The number of unbranched alkanes of at least 4 members (excludes halogenated alkanes) is 7. The maximum Gasteiger partial charge on any atom is 0.414 e. The van der Waals surface area contributed by atoms with Gasteiger partial charge in [0.1, 0.15) is 13.2 Å². The van der Waals surface area contributed by atoms with E-state index < -0.39 is 16.3 Å². The molecule has 0 fully saturated rings. The van der Waals surface area contributed by atoms with Gasteiger partial charge in [0, 0.05) is 26.7 Å². The van der Waals surface area contributed by atoms with Gasteiger partial charge in [0.25, 0.3) is 0 Å². The fourth-order valence-electron chi connectivity index (χ4n) is 4.11. The predicted molar refractivity (Wildman–Crippen MR) is 171 cm³/mol. The molecule has 0 saturated heterocycles. The minimum atomic E-state index is -1.75. The molecule has 1 rings (SSSR count). The van der Waals surface area contributed by atoms with E-state index in [-0.39, 0.29) is 27.8 Å². The fraction of sp³-hybridized carbons (Fsp3) is 0.724. The lowest BCUT2D eigenvalue weighted by atomic mass is 10.1. The first-order valence-corrected chi connectivity index (χ1v) is 15.2. The molecule has 46 heavy (non-hydrogen) atoms. The van der Waals surface area contributed by atoms with Gasteiger partial charge in [-0.15, -0.1) is 0 Å². The minimum absolute atomic E-state index is 0.0909. The van der Waals surface area contributed by atoms with Crippen LogP contribution in [0.5, 0.6) is 5.75 Å². The topological polar surface area (TPSA) is 218 Å². The molecule has 0 aromatic carbocycles. The highest BCUT2D eigenvalue weighted by Gasteiger charge is 2.32. The van der Waals surface area contributed by atoms with Gasteiger partial charge in [-0.2, -0.15) is 0 Å². The monoisotopic (exact) mass is 660 g/mol. The molecule has 0 aliphatic rings. The zero-order chi connectivity index (χ0) is 35.8. The van der Waals surface area contributed by atoms with Crippen LogP contribution >= 0.6 is 0 Å². The average molecular weight is 661 g/mol. The maximum absolute atomic E-state index is 13.2. The number of pyridine rings is 1. The summed E-state index contributed by atoms with van der Waals surface area (Å²) in [5.41, 5.74) is 0.187. The van der Waals surface area contributed by atoms with E-state index in [1.807, 2.05) is 21.0 Å². The van der Waals surface area contributed by atoms with Crippen LogP contribution < -0.4 is 4.74 Å². The summed E-state index contributed by atoms with van der Waals surface area (Å²) in [5, 5.41) is 29.5. The van der Waals surface area contributed by atoms with Crippen molar-refractivity contribution in [1.29, 1.82) is 0 Å². The molecule has 0 radical (unpaired) electrons. The van der Waals surface area contributed by atoms with E-state index in [0.717, 1.165) is 43.3 Å². The van der Waals surface area contributed by atoms with Crippen LogP contribution in [-0.2, 0) is 9.53 Å². The molecule has 17 nitrogen and oxygen atoms in total. The van der Waals surface area contributed by atoms with Crippen LogP contribution in [0, 0.1) is 30.6 Å². The Kier molecular flexibility index (Phi) is 23.1. The summed E-state index contributed by atoms with van der Waals surface area (Å²) >= 11 is 0. The van der Waals surface area contributed by atoms with Crippen molar-refractivity contribution in [3.63, 3.8) is 0 Å². The third-order valence-corrected chi connectivity index (χ3v) is 6.73. The van der Waals surface area contributed by atoms with Crippen molar-refractivity contribution in [3.8, 4) is 5.75 Å². The first kappa shape index (κ1) is 44.0. The van der Waals surface area contributed by atoms with Crippen LogP contribution in [0.4, 0.5) is 4.79 Å². The summed E-state index contributed by atoms with van der Waals surface area (Å²) in [6.07, 6.45) is 11.6. The maximum atomic E-state index is 13.2. The van der Waals surface area contributed by atoms with Gasteiger partial charge < -0.3 is 49.5 Å². The zero-order valence-corrected chi connectivity index (χ0v) is 28.3. The van der Waals surface area contributed by atoms with Crippen molar-refractivity contribution in [1.82, 2.24) is 9.88 Å². The van der Waals surface area contributed by atoms with Gasteiger partial charge in [0.05, 0.1) is 51.5 Å². The standard InChI is InChI=1S/C29H52N4O5.2NO3/c1-8-18-26(34)37-24-23-32(4,5)21-15-13-11-9-10-12-14-16-22-33(6,7)28(35)27-25(19-17-20-30-27)38-29(36)31(2)3;2*2-1(3)4/h17,19-20H,8-16,18,21-24H2,1-7H3;;/q+2;2*-1. The summed E-state index contributed by atoms with van der Waals surface area (Å²) in [5.74, 6) is -0.0561. The number of hydrogen-bond acceptors (Lipinski definition) is 12. The molecule has 0 spiro atoms. The summed E-state index contributed by atoms with van der Waals surface area (Å²) in [6, 6.07) is 3.26. The van der Waals surface area contributed by atoms with E-state index >= 15 is 0 Å². The molecule has 0 saturated carbocycles. The van der Waals surface area contributed by atoms with Crippen molar-refractivity contribution < 1.29 is 43.0 Å². The lowest BCUT2D eigenvalue weighted by Crippen LogP contribution is -2.46. The van der Waals surface area contributed by atoms with Gasteiger partial charge in [-0.3, -0.25) is 9.28 Å². The highest BCUT2D eigenvalue weighted by Crippen LogP contribution is 2.21. The van der Waals surface area contributed by atoms with Crippen LogP contribution in [0.25, 0.3) is 0 Å². The molecule has 0 aliphatic heterocycles. The van der Waals surface area contributed by atoms with Crippen molar-refractivity contribution in [2.45, 2.75) is 71.1 Å². The summed E-state index contributed by atoms with van der Waals surface area (Å²) in [6.45, 7) is 5.14. The third-order valence-electron chi connectivity index (χ3n) is 6.73. The zero-order valence-electron chi connectivity index (χ0n) is 28.3. The molecule has 17 heteroatoms. The number of nitrogens with zero attached hydrogens (tertiary/aromatic N) is 6. The quantitative estimate of drug-likeness (QED) is 0.0702. The lowest BCUT2D eigenvalue weighted by Gasteiger charge is -2.29. The van der Waals surface area contributed by atoms with E-state index in [4.69, 9.17) is 40.1 Å². The molecule has 1 aromatic heterocycles. The number of quaternary nitrogens is 2. The molecular weight excluding hydrogens is 608 g/mol. The summed E-state index contributed by atoms with van der Waals surface area (Å²) < 4.78 is 11.7. The van der Waals surface area contributed by atoms with E-state index in [0.29, 0.717) is 19.6 Å². The predicted octanol–water partition coefficient (Wildman–Crippen LogP) is 4.42. The van der Waals surface area contributed by atoms with Gasteiger partial charge in [-0.05, 0) is 44.2 Å². The second-order valence-corrected chi connectivity index (χ2v) is 12.0. The van der Waals surface area contributed by atoms with Crippen molar-refractivity contribution in [3.05, 3.63) is 54.7 Å². The van der Waals surface area contributed by atoms with Gasteiger partial charge in [0.2, 0.25) is 5.69 Å². The van der Waals surface area contributed by atoms with Gasteiger partial charge >= 0.3 is 18.0 Å². The number of ether oxygens (including phenoxy) is 2. The second-order valence-electron chi connectivity index (χ2n) is 12.0. The number of likely N-dealkylation sites (N-methyl/N-ethyl adjacent to an activating group) is 1. The van der Waals surface area contributed by atoms with E-state index in [1.54, 1.807) is 32.4 Å². The molecule has 0 unspecified atom stereocenters. The molecule has 0 aliphatic carbocycles. The number of aromatic nitrogens is 1. The fourth-order valence-corrected chi connectivity index (χ4v) is 4.11. The Hall–Kier alpha value is -4.12. The Morgan fingerprint density at radius 3 is 1.78 bits per heavy atom. The van der Waals surface area contributed by atoms with Crippen molar-refractivity contribution >= 4 is 18.0 Å². The second kappa shape index (κ2) is 24.2. The molecule has 1 heterocycles. The molecule has 264 valence electrons. The number of esters is 1. The molecule has 0 bridgehead atoms. The molecule has 0 N–H and O–H groups in total. The minimum Gasteiger partial charge on any atom is -0.460 e. The Bertz CT molecular complexity index is 1050. The Morgan fingerprint density at radius 1 is 0.826 bits per heavy atom. The Morgan fingerprint density at radius 2 is 1.30 bits per heavy atom. The average Bonchev–Trinajstić information content (AvgIpc) is 2.93. The van der Waals surface area contributed by atoms with Crippen LogP contribution in [-0.4, -0.2) is 116 Å². The van der Waals surface area contributed by atoms with Gasteiger partial charge in [-0.1, -0.05) is 32.6 Å². The first-order valence-electron chi connectivity index (χ1n) is 15.2. The summed E-state index contributed by atoms with van der Waals surface area (Å²) in [4.78, 5) is 58.6. The van der Waals surface area contributed by atoms with E-state index in [2.05, 4.69) is 19.1 Å². The highest BCUT2D eigenvalue weighted by molar-refractivity contribution is 5.90. The van der Waals surface area contributed by atoms with Crippen LogP contribution in [0.2, 0.25) is 0 Å². The number of carbonyl (C=O) groups excluding carboxylic acids is 3. The SMILES string of the molecule is CCCC(=O)OCC[N+](C)(C)CCCCCCCCCC[N+](C)(C)C(=O)c1ncccc1OC(=O)N(C)C.O=[N+]([O-])[O-].O=[N+]([O-])[O-]. The van der Waals surface area contributed by atoms with Crippen molar-refractivity contribution in [2.24, 2.45) is 0 Å². The van der Waals surface area contributed by atoms with E-state index in [1.165, 1.54) is 37.0 Å². The molecular formula is C29H52N6O11. The molecule has 1 aromatic rings. The van der Waals surface area contributed by atoms with Crippen LogP contribution in [0.1, 0.15) is 81.6 Å². The molecule has 0 atom stereocenters. The van der Waals surface area contributed by atoms with Gasteiger partial charge in [0.15, 0.2) is 5.75 Å². The Labute approximate surface area is 271 Å². The van der Waals surface area contributed by atoms with E-state index in [9.17, 15) is 14.4 Å². The normalized spacial score (nSPS) is 10.8. The number of hydrogen-bond donors (Lipinski definition) is 0. The number of amides is 2. The Balaban J connectivity index is 0. The largest absolute Gasteiger partial charge is 0.460 e. The number of rotatable bonds is 18. The third kappa shape index (κ3) is 24.2. The van der Waals surface area contributed by atoms with Crippen LogP contribution in [0.15, 0.2) is 18.3 Å². The van der Waals surface area contributed by atoms with Gasteiger partial charge in [-0.25, -0.2) is 14.6 Å². The summed E-state index contributed by atoms with van der Waals surface area (Å²) in [7, 11) is 11.3. The van der Waals surface area contributed by atoms with Crippen molar-refractivity contribution in [2.75, 3.05) is 68.5 Å². The smallest absolute Gasteiger partial charge is 0.414 e. The molecule has 2 amide bonds. The van der Waals surface area contributed by atoms with Crippen LogP contribution in [0.3, 0.4) is 0 Å². The highest BCUT2D eigenvalue weighted by atomic mass is 16.9. The lowest BCUT2D eigenvalue weighted by molar-refractivity contribution is -0.890.